The largest absolute Gasteiger partial charge is 0.480 e. The number of carbonyl (C=O) groups excluding carboxylic acids is 1. The van der Waals surface area contributed by atoms with Crippen LogP contribution in [-0.4, -0.2) is 29.8 Å². The fourth-order valence-corrected chi connectivity index (χ4v) is 1.65. The van der Waals surface area contributed by atoms with E-state index in [9.17, 15) is 9.59 Å². The van der Waals surface area contributed by atoms with Crippen LogP contribution < -0.4 is 5.32 Å². The summed E-state index contributed by atoms with van der Waals surface area (Å²) < 4.78 is 4.90. The van der Waals surface area contributed by atoms with Crippen molar-refractivity contribution in [3.63, 3.8) is 0 Å². The highest BCUT2D eigenvalue weighted by Gasteiger charge is 2.19. The molecule has 0 spiro atoms. The van der Waals surface area contributed by atoms with Crippen molar-refractivity contribution in [1.29, 1.82) is 0 Å². The molecule has 0 saturated carbocycles. The summed E-state index contributed by atoms with van der Waals surface area (Å²) in [6.45, 7) is 7.46. The number of carboxylic acid groups (broad SMARTS) is 1. The zero-order chi connectivity index (χ0) is 15.2. The maximum atomic E-state index is 11.4. The van der Waals surface area contributed by atoms with Gasteiger partial charge in [-0.15, -0.1) is 13.2 Å². The zero-order valence-corrected chi connectivity index (χ0v) is 12.0. The first-order valence-corrected chi connectivity index (χ1v) is 6.99. The lowest BCUT2D eigenvalue weighted by Crippen LogP contribution is -2.41. The first-order chi connectivity index (χ1) is 9.61. The van der Waals surface area contributed by atoms with E-state index in [4.69, 9.17) is 9.84 Å². The lowest BCUT2D eigenvalue weighted by Gasteiger charge is -2.14. The Morgan fingerprint density at radius 3 is 2.35 bits per heavy atom. The van der Waals surface area contributed by atoms with E-state index in [0.717, 1.165) is 32.1 Å². The Bertz CT molecular complexity index is 315. The summed E-state index contributed by atoms with van der Waals surface area (Å²) in [6.07, 6.45) is 8.36. The third-order valence-corrected chi connectivity index (χ3v) is 2.78. The SMILES string of the molecule is C=CCCCCC[C@H](NC(=O)OCCCC=C)C(=O)O. The summed E-state index contributed by atoms with van der Waals surface area (Å²) in [5.74, 6) is -1.03. The van der Waals surface area contributed by atoms with Crippen molar-refractivity contribution in [3.05, 3.63) is 25.3 Å². The lowest BCUT2D eigenvalue weighted by molar-refractivity contribution is -0.139. The summed E-state index contributed by atoms with van der Waals surface area (Å²) in [6, 6.07) is -0.884. The number of ether oxygens (including phenoxy) is 1. The summed E-state index contributed by atoms with van der Waals surface area (Å²) in [5, 5.41) is 11.4. The normalized spacial score (nSPS) is 11.4. The van der Waals surface area contributed by atoms with Gasteiger partial charge >= 0.3 is 12.1 Å². The number of aliphatic carboxylic acids is 1. The Kier molecular flexibility index (Phi) is 11.2. The van der Waals surface area contributed by atoms with E-state index in [0.29, 0.717) is 12.8 Å². The summed E-state index contributed by atoms with van der Waals surface area (Å²) in [7, 11) is 0. The summed E-state index contributed by atoms with van der Waals surface area (Å²) >= 11 is 0. The first-order valence-electron chi connectivity index (χ1n) is 6.99. The number of carbonyl (C=O) groups is 2. The van der Waals surface area contributed by atoms with Crippen molar-refractivity contribution in [2.24, 2.45) is 0 Å². The van der Waals surface area contributed by atoms with Crippen LogP contribution in [0.5, 0.6) is 0 Å². The average Bonchev–Trinajstić information content (AvgIpc) is 2.42. The number of alkyl carbamates (subject to hydrolysis) is 1. The van der Waals surface area contributed by atoms with Gasteiger partial charge in [-0.05, 0) is 32.1 Å². The minimum Gasteiger partial charge on any atom is -0.480 e. The lowest BCUT2D eigenvalue weighted by atomic mass is 10.1. The van der Waals surface area contributed by atoms with Crippen molar-refractivity contribution in [3.8, 4) is 0 Å². The van der Waals surface area contributed by atoms with E-state index in [1.54, 1.807) is 6.08 Å². The van der Waals surface area contributed by atoms with Crippen molar-refractivity contribution in [2.75, 3.05) is 6.61 Å². The van der Waals surface area contributed by atoms with Crippen LogP contribution in [0.15, 0.2) is 25.3 Å². The maximum absolute atomic E-state index is 11.4. The average molecular weight is 283 g/mol. The molecule has 0 unspecified atom stereocenters. The quantitative estimate of drug-likeness (QED) is 0.426. The Hall–Kier alpha value is -1.78. The van der Waals surface area contributed by atoms with Gasteiger partial charge in [-0.2, -0.15) is 0 Å². The Labute approximate surface area is 120 Å². The van der Waals surface area contributed by atoms with Gasteiger partial charge in [-0.1, -0.05) is 25.0 Å². The molecule has 0 rings (SSSR count). The van der Waals surface area contributed by atoms with Crippen LogP contribution in [0.25, 0.3) is 0 Å². The van der Waals surface area contributed by atoms with E-state index >= 15 is 0 Å². The van der Waals surface area contributed by atoms with Gasteiger partial charge in [0.25, 0.3) is 0 Å². The van der Waals surface area contributed by atoms with E-state index in [2.05, 4.69) is 18.5 Å². The molecule has 0 aliphatic rings. The molecule has 0 heterocycles. The summed E-state index contributed by atoms with van der Waals surface area (Å²) in [5.41, 5.74) is 0. The number of rotatable bonds is 12. The molecule has 0 aliphatic heterocycles. The zero-order valence-electron chi connectivity index (χ0n) is 12.0. The maximum Gasteiger partial charge on any atom is 0.407 e. The first kappa shape index (κ1) is 18.2. The van der Waals surface area contributed by atoms with Crippen LogP contribution in [0, 0.1) is 0 Å². The molecule has 0 saturated heterocycles. The molecule has 1 atom stereocenters. The second kappa shape index (κ2) is 12.3. The standard InChI is InChI=1S/C15H25NO4/c1-3-5-7-8-9-11-13(14(17)18)16-15(19)20-12-10-6-4-2/h3-4,13H,1-2,5-12H2,(H,16,19)(H,17,18)/t13-/m0/s1. The number of nitrogens with one attached hydrogen (secondary N) is 1. The molecule has 114 valence electrons. The summed E-state index contributed by atoms with van der Waals surface area (Å²) in [4.78, 5) is 22.5. The third kappa shape index (κ3) is 10.2. The van der Waals surface area contributed by atoms with E-state index in [1.807, 2.05) is 6.08 Å². The van der Waals surface area contributed by atoms with Crippen molar-refractivity contribution < 1.29 is 19.4 Å². The highest BCUT2D eigenvalue weighted by molar-refractivity contribution is 5.79. The van der Waals surface area contributed by atoms with Crippen LogP contribution in [0.3, 0.4) is 0 Å². The number of carboxylic acids is 1. The van der Waals surface area contributed by atoms with Crippen LogP contribution in [0.4, 0.5) is 4.79 Å². The fourth-order valence-electron chi connectivity index (χ4n) is 1.65. The second-order valence-electron chi connectivity index (χ2n) is 4.53. The van der Waals surface area contributed by atoms with Crippen LogP contribution >= 0.6 is 0 Å². The van der Waals surface area contributed by atoms with Gasteiger partial charge in [-0.25, -0.2) is 9.59 Å². The predicted octanol–water partition coefficient (Wildman–Crippen LogP) is 3.27. The molecule has 2 N–H and O–H groups in total. The molecule has 0 radical (unpaired) electrons. The highest BCUT2D eigenvalue weighted by Crippen LogP contribution is 2.07. The van der Waals surface area contributed by atoms with Crippen molar-refractivity contribution in [1.82, 2.24) is 5.32 Å². The fraction of sp³-hybridized carbons (Fsp3) is 0.600. The molecule has 0 aromatic rings. The number of unbranched alkanes of at least 4 members (excludes halogenated alkanes) is 4. The smallest absolute Gasteiger partial charge is 0.407 e. The highest BCUT2D eigenvalue weighted by atomic mass is 16.5. The monoisotopic (exact) mass is 283 g/mol. The minimum absolute atomic E-state index is 0.267. The van der Waals surface area contributed by atoms with Gasteiger partial charge in [0, 0.05) is 0 Å². The molecular formula is C15H25NO4. The van der Waals surface area contributed by atoms with E-state index in [-0.39, 0.29) is 6.61 Å². The van der Waals surface area contributed by atoms with Crippen LogP contribution in [0.1, 0.15) is 44.9 Å². The van der Waals surface area contributed by atoms with Gasteiger partial charge in [0.1, 0.15) is 6.04 Å². The molecule has 1 amide bonds. The Morgan fingerprint density at radius 1 is 1.10 bits per heavy atom. The molecule has 0 aliphatic carbocycles. The molecule has 0 fully saturated rings. The third-order valence-electron chi connectivity index (χ3n) is 2.78. The van der Waals surface area contributed by atoms with Gasteiger partial charge in [0.15, 0.2) is 0 Å². The van der Waals surface area contributed by atoms with Gasteiger partial charge in [-0.3, -0.25) is 0 Å². The molecule has 20 heavy (non-hydrogen) atoms. The van der Waals surface area contributed by atoms with Crippen LogP contribution in [0.2, 0.25) is 0 Å². The van der Waals surface area contributed by atoms with Gasteiger partial charge in [0.2, 0.25) is 0 Å². The van der Waals surface area contributed by atoms with Gasteiger partial charge < -0.3 is 15.2 Å². The predicted molar refractivity (Wildman–Crippen MR) is 78.6 cm³/mol. The van der Waals surface area contributed by atoms with E-state index in [1.165, 1.54) is 0 Å². The second-order valence-corrected chi connectivity index (χ2v) is 4.53. The van der Waals surface area contributed by atoms with Crippen molar-refractivity contribution >= 4 is 12.1 Å². The van der Waals surface area contributed by atoms with E-state index < -0.39 is 18.1 Å². The number of amides is 1. The van der Waals surface area contributed by atoms with Crippen molar-refractivity contribution in [2.45, 2.75) is 51.0 Å². The molecule has 5 heteroatoms. The molecule has 0 aromatic heterocycles. The topological polar surface area (TPSA) is 75.6 Å². The number of hydrogen-bond acceptors (Lipinski definition) is 3. The minimum atomic E-state index is -1.03. The van der Waals surface area contributed by atoms with Gasteiger partial charge in [0.05, 0.1) is 6.61 Å². The molecular weight excluding hydrogens is 258 g/mol. The molecule has 0 aromatic carbocycles. The Morgan fingerprint density at radius 2 is 1.75 bits per heavy atom. The van der Waals surface area contributed by atoms with Crippen LogP contribution in [-0.2, 0) is 9.53 Å². The number of allylic oxidation sites excluding steroid dienone is 2. The number of hydrogen-bond donors (Lipinski definition) is 2. The molecule has 0 bridgehead atoms. The molecule has 5 nitrogen and oxygen atoms in total. The Balaban J connectivity index is 3.88.